The summed E-state index contributed by atoms with van der Waals surface area (Å²) < 4.78 is 9.16. The molecule has 0 saturated heterocycles. The van der Waals surface area contributed by atoms with E-state index < -0.39 is 0 Å². The van der Waals surface area contributed by atoms with Gasteiger partial charge in [0.15, 0.2) is 0 Å². The zero-order valence-electron chi connectivity index (χ0n) is 18.8. The molecule has 170 valence electrons. The van der Waals surface area contributed by atoms with Crippen LogP contribution in [-0.2, 0) is 13.0 Å². The summed E-state index contributed by atoms with van der Waals surface area (Å²) in [7, 11) is 0. The van der Waals surface area contributed by atoms with Crippen molar-refractivity contribution in [3.63, 3.8) is 0 Å². The Kier molecular flexibility index (Phi) is 7.79. The summed E-state index contributed by atoms with van der Waals surface area (Å²) in [5.41, 5.74) is 3.95. The highest BCUT2D eigenvalue weighted by atomic mass is 79.9. The Morgan fingerprint density at radius 2 is 1.85 bits per heavy atom. The van der Waals surface area contributed by atoms with Gasteiger partial charge in [0, 0.05) is 29.5 Å². The molecule has 0 spiro atoms. The molecular formula is C27H28BrN3O2. The third-order valence-electron chi connectivity index (χ3n) is 5.56. The molecule has 0 aliphatic carbocycles. The standard InChI is InChI=1S/C27H28BrN3O2/c1-20-9-2-5-14-25(20)33-18-8-17-31-24-13-4-3-12-23(24)30-26(31)15-7-16-29-27(32)21-10-6-11-22(28)19-21/h2-6,9-14,19H,7-8,15-18H2,1H3,(H,29,32). The van der Waals surface area contributed by atoms with Crippen LogP contribution in [0.2, 0.25) is 0 Å². The summed E-state index contributed by atoms with van der Waals surface area (Å²) in [5, 5.41) is 3.01. The maximum Gasteiger partial charge on any atom is 0.251 e. The fourth-order valence-electron chi connectivity index (χ4n) is 3.87. The number of aromatic nitrogens is 2. The van der Waals surface area contributed by atoms with E-state index >= 15 is 0 Å². The Balaban J connectivity index is 1.33. The Labute approximate surface area is 202 Å². The molecule has 1 aromatic heterocycles. The van der Waals surface area contributed by atoms with Crippen molar-refractivity contribution in [1.29, 1.82) is 0 Å². The smallest absolute Gasteiger partial charge is 0.251 e. The number of carbonyl (C=O) groups is 1. The highest BCUT2D eigenvalue weighted by Crippen LogP contribution is 2.19. The topological polar surface area (TPSA) is 56.1 Å². The van der Waals surface area contributed by atoms with Gasteiger partial charge in [-0.25, -0.2) is 4.98 Å². The van der Waals surface area contributed by atoms with E-state index in [1.807, 2.05) is 60.7 Å². The first-order valence-electron chi connectivity index (χ1n) is 11.3. The fraction of sp³-hybridized carbons (Fsp3) is 0.259. The molecule has 4 rings (SSSR count). The number of nitrogens with zero attached hydrogens (tertiary/aromatic N) is 2. The number of rotatable bonds is 10. The molecule has 0 unspecified atom stereocenters. The lowest BCUT2D eigenvalue weighted by atomic mass is 10.2. The van der Waals surface area contributed by atoms with E-state index in [4.69, 9.17) is 9.72 Å². The van der Waals surface area contributed by atoms with Gasteiger partial charge in [-0.3, -0.25) is 4.79 Å². The number of amides is 1. The van der Waals surface area contributed by atoms with Crippen molar-refractivity contribution in [2.24, 2.45) is 0 Å². The van der Waals surface area contributed by atoms with E-state index in [1.54, 1.807) is 0 Å². The molecule has 33 heavy (non-hydrogen) atoms. The predicted octanol–water partition coefficient (Wildman–Crippen LogP) is 5.94. The highest BCUT2D eigenvalue weighted by Gasteiger charge is 2.11. The van der Waals surface area contributed by atoms with Crippen LogP contribution < -0.4 is 10.1 Å². The molecule has 0 aliphatic heterocycles. The minimum Gasteiger partial charge on any atom is -0.493 e. The molecule has 0 radical (unpaired) electrons. The summed E-state index contributed by atoms with van der Waals surface area (Å²) in [6.45, 7) is 4.16. The minimum atomic E-state index is -0.0573. The molecule has 5 nitrogen and oxygen atoms in total. The van der Waals surface area contributed by atoms with E-state index in [2.05, 4.69) is 44.9 Å². The summed E-state index contributed by atoms with van der Waals surface area (Å²) in [6.07, 6.45) is 2.51. The summed E-state index contributed by atoms with van der Waals surface area (Å²) >= 11 is 3.41. The van der Waals surface area contributed by atoms with Gasteiger partial charge in [0.25, 0.3) is 5.91 Å². The number of halogens is 1. The Morgan fingerprint density at radius 3 is 2.70 bits per heavy atom. The predicted molar refractivity (Wildman–Crippen MR) is 136 cm³/mol. The largest absolute Gasteiger partial charge is 0.493 e. The molecule has 1 amide bonds. The quantitative estimate of drug-likeness (QED) is 0.271. The third kappa shape index (κ3) is 6.02. The van der Waals surface area contributed by atoms with Crippen LogP contribution in [0.1, 0.15) is 34.6 Å². The number of hydrogen-bond acceptors (Lipinski definition) is 3. The molecule has 1 N–H and O–H groups in total. The monoisotopic (exact) mass is 505 g/mol. The molecule has 0 aliphatic rings. The van der Waals surface area contributed by atoms with E-state index in [0.29, 0.717) is 18.7 Å². The van der Waals surface area contributed by atoms with Crippen molar-refractivity contribution < 1.29 is 9.53 Å². The van der Waals surface area contributed by atoms with Gasteiger partial charge < -0.3 is 14.6 Å². The van der Waals surface area contributed by atoms with Crippen LogP contribution >= 0.6 is 15.9 Å². The highest BCUT2D eigenvalue weighted by molar-refractivity contribution is 9.10. The van der Waals surface area contributed by atoms with E-state index in [-0.39, 0.29) is 5.91 Å². The second kappa shape index (κ2) is 11.1. The third-order valence-corrected chi connectivity index (χ3v) is 6.05. The maximum absolute atomic E-state index is 12.4. The zero-order chi connectivity index (χ0) is 23.0. The summed E-state index contributed by atoms with van der Waals surface area (Å²) in [5.74, 6) is 1.93. The lowest BCUT2D eigenvalue weighted by Gasteiger charge is -2.12. The van der Waals surface area contributed by atoms with Crippen LogP contribution in [0.4, 0.5) is 0 Å². The van der Waals surface area contributed by atoms with Gasteiger partial charge in [-0.15, -0.1) is 0 Å². The van der Waals surface area contributed by atoms with Gasteiger partial charge in [0.05, 0.1) is 17.6 Å². The van der Waals surface area contributed by atoms with Crippen molar-refractivity contribution >= 4 is 32.9 Å². The number of para-hydroxylation sites is 3. The molecule has 4 aromatic rings. The molecule has 1 heterocycles. The number of benzene rings is 3. The van der Waals surface area contributed by atoms with Gasteiger partial charge in [0.2, 0.25) is 0 Å². The first-order valence-corrected chi connectivity index (χ1v) is 12.1. The second-order valence-corrected chi connectivity index (χ2v) is 8.92. The fourth-order valence-corrected chi connectivity index (χ4v) is 4.27. The lowest BCUT2D eigenvalue weighted by molar-refractivity contribution is 0.0953. The molecule has 6 heteroatoms. The van der Waals surface area contributed by atoms with Crippen LogP contribution in [0.3, 0.4) is 0 Å². The molecule has 3 aromatic carbocycles. The molecule has 0 fully saturated rings. The number of imidazole rings is 1. The van der Waals surface area contributed by atoms with Crippen molar-refractivity contribution in [2.75, 3.05) is 13.2 Å². The van der Waals surface area contributed by atoms with Gasteiger partial charge in [-0.1, -0.05) is 52.3 Å². The van der Waals surface area contributed by atoms with Crippen LogP contribution in [0.25, 0.3) is 11.0 Å². The number of carbonyl (C=O) groups excluding carboxylic acids is 1. The number of nitrogens with one attached hydrogen (secondary N) is 1. The number of fused-ring (bicyclic) bond motifs is 1. The number of hydrogen-bond donors (Lipinski definition) is 1. The van der Waals surface area contributed by atoms with E-state index in [9.17, 15) is 4.79 Å². The maximum atomic E-state index is 12.4. The zero-order valence-corrected chi connectivity index (χ0v) is 20.3. The van der Waals surface area contributed by atoms with Crippen molar-refractivity contribution in [3.8, 4) is 5.75 Å². The van der Waals surface area contributed by atoms with Gasteiger partial charge in [0.1, 0.15) is 11.6 Å². The van der Waals surface area contributed by atoms with Crippen LogP contribution in [0.15, 0.2) is 77.3 Å². The summed E-state index contributed by atoms with van der Waals surface area (Å²) in [4.78, 5) is 17.2. The number of ether oxygens (including phenoxy) is 1. The Morgan fingerprint density at radius 1 is 1.03 bits per heavy atom. The van der Waals surface area contributed by atoms with E-state index in [1.165, 1.54) is 0 Å². The van der Waals surface area contributed by atoms with Crippen LogP contribution in [-0.4, -0.2) is 28.6 Å². The first kappa shape index (κ1) is 23.1. The molecular weight excluding hydrogens is 478 g/mol. The minimum absolute atomic E-state index is 0.0573. The average molecular weight is 506 g/mol. The number of aryl methyl sites for hydroxylation is 3. The van der Waals surface area contributed by atoms with Gasteiger partial charge in [-0.05, 0) is 61.7 Å². The van der Waals surface area contributed by atoms with Crippen molar-refractivity contribution in [2.45, 2.75) is 32.7 Å². The van der Waals surface area contributed by atoms with Crippen LogP contribution in [0, 0.1) is 6.92 Å². The average Bonchev–Trinajstić information content (AvgIpc) is 3.18. The van der Waals surface area contributed by atoms with Crippen LogP contribution in [0.5, 0.6) is 5.75 Å². The van der Waals surface area contributed by atoms with Gasteiger partial charge in [-0.2, -0.15) is 0 Å². The van der Waals surface area contributed by atoms with Crippen molar-refractivity contribution in [1.82, 2.24) is 14.9 Å². The Bertz CT molecular complexity index is 1240. The van der Waals surface area contributed by atoms with E-state index in [0.717, 1.165) is 58.5 Å². The molecule has 0 bridgehead atoms. The Hall–Kier alpha value is -3.12. The van der Waals surface area contributed by atoms with Gasteiger partial charge >= 0.3 is 0 Å². The summed E-state index contributed by atoms with van der Waals surface area (Å²) in [6, 6.07) is 23.7. The molecule has 0 atom stereocenters. The first-order chi connectivity index (χ1) is 16.1. The SMILES string of the molecule is Cc1ccccc1OCCCn1c(CCCNC(=O)c2cccc(Br)c2)nc2ccccc21. The molecule has 0 saturated carbocycles. The normalized spacial score (nSPS) is 11.0. The van der Waals surface area contributed by atoms with Crippen molar-refractivity contribution in [3.05, 3.63) is 94.2 Å². The lowest BCUT2D eigenvalue weighted by Crippen LogP contribution is -2.25. The second-order valence-electron chi connectivity index (χ2n) is 8.01.